The molecule has 0 aliphatic heterocycles. The number of halogens is 1. The summed E-state index contributed by atoms with van der Waals surface area (Å²) in [4.78, 5) is 33.0. The minimum absolute atomic E-state index is 0.607. The molecule has 115 heavy (non-hydrogen) atoms. The van der Waals surface area contributed by atoms with Crippen molar-refractivity contribution in [3.05, 3.63) is 381 Å². The highest BCUT2D eigenvalue weighted by molar-refractivity contribution is 9.10. The number of benzene rings is 16. The summed E-state index contributed by atoms with van der Waals surface area (Å²) in [5.74, 6) is 3.87. The van der Waals surface area contributed by atoms with Gasteiger partial charge in [-0.3, -0.25) is 0 Å². The van der Waals surface area contributed by atoms with Crippen LogP contribution in [0.5, 0.6) is 0 Å². The number of hydrogen-bond acceptors (Lipinski definition) is 8. The molecule has 8 aromatic heterocycles. The highest BCUT2D eigenvalue weighted by Crippen LogP contribution is 2.51. The van der Waals surface area contributed by atoms with Crippen LogP contribution in [-0.4, -0.2) is 48.6 Å². The SMILES string of the molecule is Brc1cccc(-c2nc(-c3ccccc3)nc(-c3ccccc3)n2)c1.c1ccc(-c2nc(-c3ccccc3)nc(-c3cccc(-n4c5ccccc5c5c6oc7ccccc7c6c6c(c7ccccc7n6-c6ccccc6)c54)c3)n2)cc1.c1ccc(-n2c3ccccc3c3c4[nH]c5ccccc5c4c4oc5ccccc5c4c32)cc1. The molecule has 24 aromatic rings. The molecule has 1 N–H and O–H groups in total. The van der Waals surface area contributed by atoms with Crippen LogP contribution < -0.4 is 0 Å². The highest BCUT2D eigenvalue weighted by atomic mass is 79.9. The van der Waals surface area contributed by atoms with E-state index in [1.807, 2.05) is 158 Å². The Morgan fingerprint density at radius 3 is 0.991 bits per heavy atom. The van der Waals surface area contributed by atoms with E-state index in [1.54, 1.807) is 0 Å². The van der Waals surface area contributed by atoms with Gasteiger partial charge in [-0.05, 0) is 84.9 Å². The van der Waals surface area contributed by atoms with Crippen LogP contribution >= 0.6 is 15.9 Å². The molecule has 12 nitrogen and oxygen atoms in total. The van der Waals surface area contributed by atoms with Gasteiger partial charge < -0.3 is 27.5 Å². The molecule has 8 heterocycles. The van der Waals surface area contributed by atoms with Crippen LogP contribution in [0.2, 0.25) is 0 Å². The zero-order valence-electron chi connectivity index (χ0n) is 61.5. The number of aromatic amines is 1. The third-order valence-electron chi connectivity index (χ3n) is 21.8. The molecule has 0 bridgehead atoms. The van der Waals surface area contributed by atoms with Crippen LogP contribution in [-0.2, 0) is 0 Å². The summed E-state index contributed by atoms with van der Waals surface area (Å²) < 4.78 is 21.8. The summed E-state index contributed by atoms with van der Waals surface area (Å²) in [6.45, 7) is 0. The first kappa shape index (κ1) is 66.8. The monoisotopic (exact) mass is 1540 g/mol. The van der Waals surface area contributed by atoms with Crippen molar-refractivity contribution in [1.82, 2.24) is 48.6 Å². The Bertz CT molecular complexity index is 7770. The van der Waals surface area contributed by atoms with Crippen molar-refractivity contribution in [3.8, 4) is 85.4 Å². The van der Waals surface area contributed by atoms with Crippen molar-refractivity contribution in [3.63, 3.8) is 0 Å². The van der Waals surface area contributed by atoms with Gasteiger partial charge in [0.2, 0.25) is 0 Å². The molecular formula is C102H63BrN10O2. The molecule has 0 atom stereocenters. The second-order valence-electron chi connectivity index (χ2n) is 28.6. The smallest absolute Gasteiger partial charge is 0.164 e. The molecule has 13 heteroatoms. The average molecular weight is 1540 g/mol. The average Bonchev–Trinajstić information content (AvgIpc) is 1.52. The summed E-state index contributed by atoms with van der Waals surface area (Å²) in [6.07, 6.45) is 0. The van der Waals surface area contributed by atoms with Crippen LogP contribution in [0.15, 0.2) is 389 Å². The third-order valence-corrected chi connectivity index (χ3v) is 22.3. The van der Waals surface area contributed by atoms with E-state index in [4.69, 9.17) is 33.8 Å². The quantitative estimate of drug-likeness (QED) is 0.151. The van der Waals surface area contributed by atoms with Crippen molar-refractivity contribution in [2.24, 2.45) is 0 Å². The second kappa shape index (κ2) is 27.7. The number of hydrogen-bond donors (Lipinski definition) is 1. The Labute approximate surface area is 665 Å². The zero-order chi connectivity index (χ0) is 76.0. The molecule has 540 valence electrons. The number of H-pyrrole nitrogens is 1. The van der Waals surface area contributed by atoms with E-state index in [9.17, 15) is 0 Å². The lowest BCUT2D eigenvalue weighted by molar-refractivity contribution is 0.672. The van der Waals surface area contributed by atoms with E-state index in [1.165, 1.54) is 38.0 Å². The molecule has 0 aliphatic rings. The molecule has 0 radical (unpaired) electrons. The first-order chi connectivity index (χ1) is 57.0. The third kappa shape index (κ3) is 11.3. The van der Waals surface area contributed by atoms with E-state index in [2.05, 4.69) is 258 Å². The number of aromatic nitrogens is 10. The van der Waals surface area contributed by atoms with E-state index < -0.39 is 0 Å². The lowest BCUT2D eigenvalue weighted by Gasteiger charge is -2.13. The van der Waals surface area contributed by atoms with Crippen molar-refractivity contribution >= 4 is 147 Å². The molecule has 0 saturated carbocycles. The predicted molar refractivity (Wildman–Crippen MR) is 473 cm³/mol. The maximum Gasteiger partial charge on any atom is 0.164 e. The number of para-hydroxylation sites is 8. The van der Waals surface area contributed by atoms with Gasteiger partial charge in [0, 0.05) is 104 Å². The minimum Gasteiger partial charge on any atom is -0.455 e. The zero-order valence-corrected chi connectivity index (χ0v) is 63.1. The van der Waals surface area contributed by atoms with Crippen LogP contribution in [0.3, 0.4) is 0 Å². The van der Waals surface area contributed by atoms with Crippen molar-refractivity contribution in [2.45, 2.75) is 0 Å². The normalized spacial score (nSPS) is 11.7. The van der Waals surface area contributed by atoms with Gasteiger partial charge in [-0.25, -0.2) is 29.9 Å². The molecule has 0 amide bonds. The Morgan fingerprint density at radius 2 is 0.539 bits per heavy atom. The minimum atomic E-state index is 0.607. The highest BCUT2D eigenvalue weighted by Gasteiger charge is 2.30. The summed E-state index contributed by atoms with van der Waals surface area (Å²) in [5.41, 5.74) is 21.5. The Kier molecular flexibility index (Phi) is 16.1. The lowest BCUT2D eigenvalue weighted by atomic mass is 10.0. The second-order valence-corrected chi connectivity index (χ2v) is 29.5. The van der Waals surface area contributed by atoms with Gasteiger partial charge in [0.15, 0.2) is 34.9 Å². The summed E-state index contributed by atoms with van der Waals surface area (Å²) in [7, 11) is 0. The molecule has 0 fully saturated rings. The standard InChI is InChI=1S/C51H31N5O.C30H18N2O.C21H14BrN3/c1-4-17-32(18-5-1)49-52-50(33-19-6-2-7-20-33)54-51(53-49)34-21-16-24-36(31-34)56-41-29-14-11-26-38(41)44-46(56)43-37-25-10-13-28-40(37)55(35-22-8-3-9-23-35)47(43)45-39-27-12-15-30-42(39)57-48(44)45;1-2-10-18(11-3-1)32-23-16-8-5-13-20(23)25-28-26(19-12-4-7-15-22(19)31-28)30-27(29(25)32)21-14-6-9-17-24(21)33-30;22-18-13-7-12-17(14-18)21-24-19(15-8-3-1-4-9-15)23-20(25-21)16-10-5-2-6-11-16/h1-31H;1-17,31H;1-14H. The first-order valence-electron chi connectivity index (χ1n) is 38.3. The van der Waals surface area contributed by atoms with Crippen LogP contribution in [0.4, 0.5) is 0 Å². The van der Waals surface area contributed by atoms with Gasteiger partial charge in [0.25, 0.3) is 0 Å². The Balaban J connectivity index is 0.000000117. The Morgan fingerprint density at radius 1 is 0.235 bits per heavy atom. The van der Waals surface area contributed by atoms with E-state index >= 15 is 0 Å². The number of nitrogens with one attached hydrogen (secondary N) is 1. The van der Waals surface area contributed by atoms with E-state index in [0.29, 0.717) is 34.9 Å². The van der Waals surface area contributed by atoms with Crippen LogP contribution in [0.25, 0.3) is 216 Å². The van der Waals surface area contributed by atoms with Gasteiger partial charge in [-0.1, -0.05) is 307 Å². The van der Waals surface area contributed by atoms with Gasteiger partial charge in [-0.2, -0.15) is 0 Å². The maximum absolute atomic E-state index is 6.97. The molecule has 0 spiro atoms. The molecule has 0 saturated heterocycles. The van der Waals surface area contributed by atoms with Crippen LogP contribution in [0, 0.1) is 0 Å². The van der Waals surface area contributed by atoms with Gasteiger partial charge >= 0.3 is 0 Å². The maximum atomic E-state index is 6.97. The number of nitrogens with zero attached hydrogens (tertiary/aromatic N) is 9. The molecule has 24 rings (SSSR count). The van der Waals surface area contributed by atoms with Gasteiger partial charge in [0.1, 0.15) is 22.3 Å². The largest absolute Gasteiger partial charge is 0.455 e. The van der Waals surface area contributed by atoms with Crippen molar-refractivity contribution < 1.29 is 8.83 Å². The topological polar surface area (TPSA) is 134 Å². The van der Waals surface area contributed by atoms with Crippen molar-refractivity contribution in [1.29, 1.82) is 0 Å². The van der Waals surface area contributed by atoms with E-state index in [0.717, 1.165) is 148 Å². The fraction of sp³-hybridized carbons (Fsp3) is 0. The molecule has 0 unspecified atom stereocenters. The first-order valence-corrected chi connectivity index (χ1v) is 39.1. The Hall–Kier alpha value is -15.2. The number of rotatable bonds is 9. The number of fused-ring (bicyclic) bond motifs is 24. The lowest BCUT2D eigenvalue weighted by Crippen LogP contribution is -2.01. The molecular weight excluding hydrogens is 1480 g/mol. The predicted octanol–water partition coefficient (Wildman–Crippen LogP) is 26.9. The fourth-order valence-electron chi connectivity index (χ4n) is 16.9. The summed E-state index contributed by atoms with van der Waals surface area (Å²) in [6, 6.07) is 129. The van der Waals surface area contributed by atoms with E-state index in [-0.39, 0.29) is 0 Å². The molecule has 0 aliphatic carbocycles. The number of furan rings is 2. The summed E-state index contributed by atoms with van der Waals surface area (Å²) in [5, 5.41) is 13.9. The van der Waals surface area contributed by atoms with Gasteiger partial charge in [0.05, 0.1) is 60.2 Å². The summed E-state index contributed by atoms with van der Waals surface area (Å²) >= 11 is 3.52. The fourth-order valence-corrected chi connectivity index (χ4v) is 17.3. The van der Waals surface area contributed by atoms with Gasteiger partial charge in [-0.15, -0.1) is 0 Å². The van der Waals surface area contributed by atoms with Crippen molar-refractivity contribution in [2.75, 3.05) is 0 Å². The van der Waals surface area contributed by atoms with Crippen LogP contribution in [0.1, 0.15) is 0 Å². The molecule has 16 aromatic carbocycles.